The molecule has 0 radical (unpaired) electrons. The maximum Gasteiger partial charge on any atom is 0.276 e. The van der Waals surface area contributed by atoms with Crippen LogP contribution in [-0.2, 0) is 9.59 Å². The third kappa shape index (κ3) is 5.37. The Labute approximate surface area is 174 Å². The van der Waals surface area contributed by atoms with Crippen LogP contribution < -0.4 is 20.3 Å². The lowest BCUT2D eigenvalue weighted by atomic mass is 10.1. The monoisotopic (exact) mass is 462 g/mol. The van der Waals surface area contributed by atoms with Gasteiger partial charge in [0.1, 0.15) is 11.5 Å². The molecular formula is C20H16BrClN2O4. The first-order chi connectivity index (χ1) is 13.5. The summed E-state index contributed by atoms with van der Waals surface area (Å²) in [5, 5.41) is 2.29. The van der Waals surface area contributed by atoms with E-state index in [-0.39, 0.29) is 13.2 Å². The first-order valence-corrected chi connectivity index (χ1v) is 9.46. The van der Waals surface area contributed by atoms with Crippen LogP contribution in [0.2, 0.25) is 5.02 Å². The van der Waals surface area contributed by atoms with Gasteiger partial charge < -0.3 is 9.47 Å². The number of hydrazine groups is 1. The van der Waals surface area contributed by atoms with Gasteiger partial charge in [-0.15, -0.1) is 0 Å². The number of halogens is 2. The number of hydrogen-bond donors (Lipinski definition) is 2. The summed E-state index contributed by atoms with van der Waals surface area (Å²) < 4.78 is 11.7. The van der Waals surface area contributed by atoms with Crippen LogP contribution in [0.5, 0.6) is 11.5 Å². The summed E-state index contributed by atoms with van der Waals surface area (Å²) in [4.78, 5) is 23.7. The highest BCUT2D eigenvalue weighted by atomic mass is 79.9. The molecule has 0 aromatic heterocycles. The van der Waals surface area contributed by atoms with Crippen LogP contribution in [0, 0.1) is 0 Å². The number of amides is 2. The molecule has 28 heavy (non-hydrogen) atoms. The summed E-state index contributed by atoms with van der Waals surface area (Å²) in [6, 6.07) is 18.3. The van der Waals surface area contributed by atoms with Crippen molar-refractivity contribution in [1.82, 2.24) is 10.9 Å². The van der Waals surface area contributed by atoms with Crippen molar-refractivity contribution in [3.63, 3.8) is 0 Å². The Kier molecular flexibility index (Phi) is 6.73. The minimum Gasteiger partial charge on any atom is -0.483 e. The zero-order valence-corrected chi connectivity index (χ0v) is 16.9. The molecule has 0 atom stereocenters. The summed E-state index contributed by atoms with van der Waals surface area (Å²) >= 11 is 9.29. The number of nitrogens with one attached hydrogen (secondary N) is 2. The molecule has 0 spiro atoms. The SMILES string of the molecule is O=C(COc1ccc(Br)cc1Cl)NNC(=O)COc1cccc2ccccc12. The van der Waals surface area contributed by atoms with Gasteiger partial charge in [0.2, 0.25) is 0 Å². The molecule has 144 valence electrons. The number of rotatable bonds is 6. The third-order valence-corrected chi connectivity index (χ3v) is 4.49. The third-order valence-electron chi connectivity index (χ3n) is 3.70. The van der Waals surface area contributed by atoms with Gasteiger partial charge >= 0.3 is 0 Å². The fraction of sp³-hybridized carbons (Fsp3) is 0.100. The van der Waals surface area contributed by atoms with Crippen molar-refractivity contribution < 1.29 is 19.1 Å². The van der Waals surface area contributed by atoms with Gasteiger partial charge in [-0.25, -0.2) is 0 Å². The van der Waals surface area contributed by atoms with Crippen LogP contribution in [-0.4, -0.2) is 25.0 Å². The van der Waals surface area contributed by atoms with E-state index in [9.17, 15) is 9.59 Å². The minimum absolute atomic E-state index is 0.242. The van der Waals surface area contributed by atoms with Crippen LogP contribution in [0.25, 0.3) is 10.8 Å². The zero-order chi connectivity index (χ0) is 19.9. The molecule has 3 aromatic rings. The van der Waals surface area contributed by atoms with Gasteiger partial charge in [-0.2, -0.15) is 0 Å². The van der Waals surface area contributed by atoms with Crippen molar-refractivity contribution in [3.8, 4) is 11.5 Å². The number of hydrogen-bond acceptors (Lipinski definition) is 4. The molecule has 6 nitrogen and oxygen atoms in total. The molecule has 0 bridgehead atoms. The van der Waals surface area contributed by atoms with Crippen LogP contribution in [0.4, 0.5) is 0 Å². The van der Waals surface area contributed by atoms with Gasteiger partial charge in [-0.05, 0) is 29.7 Å². The minimum atomic E-state index is -0.530. The molecule has 0 fully saturated rings. The second-order valence-electron chi connectivity index (χ2n) is 5.73. The van der Waals surface area contributed by atoms with Crippen molar-refractivity contribution in [2.45, 2.75) is 0 Å². The number of fused-ring (bicyclic) bond motifs is 1. The van der Waals surface area contributed by atoms with Crippen LogP contribution in [0.15, 0.2) is 65.1 Å². The lowest BCUT2D eigenvalue weighted by Crippen LogP contribution is -2.45. The average Bonchev–Trinajstić information content (AvgIpc) is 2.70. The number of ether oxygens (including phenoxy) is 2. The van der Waals surface area contributed by atoms with Crippen LogP contribution in [0.3, 0.4) is 0 Å². The molecule has 0 aliphatic rings. The van der Waals surface area contributed by atoms with E-state index in [0.29, 0.717) is 16.5 Å². The van der Waals surface area contributed by atoms with E-state index in [2.05, 4.69) is 26.8 Å². The normalized spacial score (nSPS) is 10.4. The zero-order valence-electron chi connectivity index (χ0n) is 14.6. The predicted molar refractivity (Wildman–Crippen MR) is 110 cm³/mol. The molecule has 0 aliphatic heterocycles. The Morgan fingerprint density at radius 2 is 1.50 bits per heavy atom. The lowest BCUT2D eigenvalue weighted by Gasteiger charge is -2.11. The van der Waals surface area contributed by atoms with Crippen molar-refractivity contribution >= 4 is 50.1 Å². The standard InChI is InChI=1S/C20H16BrClN2O4/c21-14-8-9-18(16(22)10-14)28-12-20(26)24-23-19(25)11-27-17-7-3-5-13-4-1-2-6-15(13)17/h1-10H,11-12H2,(H,23,25)(H,24,26). The smallest absolute Gasteiger partial charge is 0.276 e. The molecule has 0 saturated carbocycles. The van der Waals surface area contributed by atoms with Crippen LogP contribution >= 0.6 is 27.5 Å². The highest BCUT2D eigenvalue weighted by molar-refractivity contribution is 9.10. The average molecular weight is 464 g/mol. The summed E-state index contributed by atoms with van der Waals surface area (Å²) in [6.07, 6.45) is 0. The van der Waals surface area contributed by atoms with Gasteiger partial charge in [0.15, 0.2) is 13.2 Å². The highest BCUT2D eigenvalue weighted by Gasteiger charge is 2.09. The van der Waals surface area contributed by atoms with Gasteiger partial charge in [0, 0.05) is 9.86 Å². The van der Waals surface area contributed by atoms with E-state index in [1.165, 1.54) is 0 Å². The first-order valence-electron chi connectivity index (χ1n) is 8.29. The summed E-state index contributed by atoms with van der Waals surface area (Å²) in [5.74, 6) is -0.0705. The molecule has 3 aromatic carbocycles. The second kappa shape index (κ2) is 9.43. The Hall–Kier alpha value is -2.77. The van der Waals surface area contributed by atoms with E-state index in [1.54, 1.807) is 24.3 Å². The molecule has 0 aliphatic carbocycles. The fourth-order valence-electron chi connectivity index (χ4n) is 2.41. The van der Waals surface area contributed by atoms with E-state index in [4.69, 9.17) is 21.1 Å². The molecule has 0 saturated heterocycles. The molecule has 2 amide bonds. The van der Waals surface area contributed by atoms with Gasteiger partial charge in [-0.1, -0.05) is 63.9 Å². The Balaban J connectivity index is 1.44. The highest BCUT2D eigenvalue weighted by Crippen LogP contribution is 2.27. The maximum absolute atomic E-state index is 11.9. The molecule has 2 N–H and O–H groups in total. The summed E-state index contributed by atoms with van der Waals surface area (Å²) in [6.45, 7) is -0.542. The Morgan fingerprint density at radius 3 is 2.21 bits per heavy atom. The summed E-state index contributed by atoms with van der Waals surface area (Å²) in [5.41, 5.74) is 4.54. The first kappa shape index (κ1) is 20.0. The van der Waals surface area contributed by atoms with Crippen LogP contribution in [0.1, 0.15) is 0 Å². The van der Waals surface area contributed by atoms with Crippen molar-refractivity contribution in [2.24, 2.45) is 0 Å². The molecule has 0 unspecified atom stereocenters. The number of carbonyl (C=O) groups excluding carboxylic acids is 2. The van der Waals surface area contributed by atoms with E-state index in [0.717, 1.165) is 15.2 Å². The molecule has 3 rings (SSSR count). The van der Waals surface area contributed by atoms with Crippen molar-refractivity contribution in [3.05, 3.63) is 70.2 Å². The molecule has 0 heterocycles. The molecule has 8 heteroatoms. The largest absolute Gasteiger partial charge is 0.483 e. The van der Waals surface area contributed by atoms with Crippen molar-refractivity contribution in [2.75, 3.05) is 13.2 Å². The second-order valence-corrected chi connectivity index (χ2v) is 7.05. The number of benzene rings is 3. The van der Waals surface area contributed by atoms with Gasteiger partial charge in [-0.3, -0.25) is 20.4 Å². The topological polar surface area (TPSA) is 76.7 Å². The van der Waals surface area contributed by atoms with E-state index < -0.39 is 11.8 Å². The van der Waals surface area contributed by atoms with Gasteiger partial charge in [0.25, 0.3) is 11.8 Å². The van der Waals surface area contributed by atoms with Gasteiger partial charge in [0.05, 0.1) is 5.02 Å². The fourth-order valence-corrected chi connectivity index (χ4v) is 3.14. The van der Waals surface area contributed by atoms with E-state index >= 15 is 0 Å². The Morgan fingerprint density at radius 1 is 0.857 bits per heavy atom. The quantitative estimate of drug-likeness (QED) is 0.544. The lowest BCUT2D eigenvalue weighted by molar-refractivity contribution is -0.130. The summed E-state index contributed by atoms with van der Waals surface area (Å²) in [7, 11) is 0. The van der Waals surface area contributed by atoms with Crippen molar-refractivity contribution in [1.29, 1.82) is 0 Å². The Bertz CT molecular complexity index is 1010. The predicted octanol–water partition coefficient (Wildman–Crippen LogP) is 3.86. The van der Waals surface area contributed by atoms with E-state index in [1.807, 2.05) is 36.4 Å². The maximum atomic E-state index is 11.9. The molecular weight excluding hydrogens is 448 g/mol. The number of carbonyl (C=O) groups is 2.